The van der Waals surface area contributed by atoms with Gasteiger partial charge in [0.05, 0.1) is 23.6 Å². The van der Waals surface area contributed by atoms with Crippen molar-refractivity contribution in [3.63, 3.8) is 0 Å². The molecule has 1 aliphatic rings. The fraction of sp³-hybridized carbons (Fsp3) is 0.192. The molecule has 34 heavy (non-hydrogen) atoms. The van der Waals surface area contributed by atoms with E-state index in [9.17, 15) is 14.4 Å². The molecule has 0 bridgehead atoms. The molecule has 0 unspecified atom stereocenters. The van der Waals surface area contributed by atoms with Crippen LogP contribution in [-0.4, -0.2) is 28.6 Å². The molecule has 2 aromatic carbocycles. The smallest absolute Gasteiger partial charge is 0.338 e. The van der Waals surface area contributed by atoms with Crippen LogP contribution in [0.1, 0.15) is 41.4 Å². The van der Waals surface area contributed by atoms with E-state index in [1.807, 2.05) is 6.92 Å². The summed E-state index contributed by atoms with van der Waals surface area (Å²) in [5, 5.41) is 0.257. The van der Waals surface area contributed by atoms with Crippen molar-refractivity contribution in [2.75, 3.05) is 6.61 Å². The lowest BCUT2D eigenvalue weighted by atomic mass is 10.1. The standard InChI is InChI=1S/C26H22ClNO5S/c1-2-3-14-32-25(30)19-8-6-18(7-9-19)22-13-12-21(33-22)15-23-24(29)28(26(31)34-23)16-17-4-10-20(27)11-5-17/h4-13,15H,2-3,14,16H2,1H3/b23-15+. The van der Waals surface area contributed by atoms with Crippen molar-refractivity contribution in [3.05, 3.63) is 87.5 Å². The van der Waals surface area contributed by atoms with E-state index < -0.39 is 0 Å². The predicted molar refractivity (Wildman–Crippen MR) is 132 cm³/mol. The van der Waals surface area contributed by atoms with Gasteiger partial charge < -0.3 is 9.15 Å². The van der Waals surface area contributed by atoms with Crippen molar-refractivity contribution < 1.29 is 23.5 Å². The number of thioether (sulfide) groups is 1. The monoisotopic (exact) mass is 495 g/mol. The molecule has 3 aromatic rings. The maximum absolute atomic E-state index is 12.8. The number of unbranched alkanes of at least 4 members (excludes halogenated alkanes) is 1. The van der Waals surface area contributed by atoms with Gasteiger partial charge in [-0.25, -0.2) is 4.79 Å². The fourth-order valence-corrected chi connectivity index (χ4v) is 4.23. The third-order valence-corrected chi connectivity index (χ3v) is 6.32. The first-order chi connectivity index (χ1) is 16.4. The summed E-state index contributed by atoms with van der Waals surface area (Å²) in [6, 6.07) is 17.4. The SMILES string of the molecule is CCCCOC(=O)c1ccc(-c2ccc(/C=C3/SC(=O)N(Cc4ccc(Cl)cc4)C3=O)o2)cc1. The summed E-state index contributed by atoms with van der Waals surface area (Å²) >= 11 is 6.78. The number of amides is 2. The minimum Gasteiger partial charge on any atom is -0.462 e. The van der Waals surface area contributed by atoms with Gasteiger partial charge in [-0.3, -0.25) is 14.5 Å². The molecule has 0 radical (unpaired) electrons. The van der Waals surface area contributed by atoms with Crippen LogP contribution in [0.2, 0.25) is 5.02 Å². The molecule has 0 spiro atoms. The first-order valence-corrected chi connectivity index (χ1v) is 12.0. The minimum absolute atomic E-state index is 0.176. The minimum atomic E-state index is -0.367. The molecular weight excluding hydrogens is 474 g/mol. The highest BCUT2D eigenvalue weighted by molar-refractivity contribution is 8.18. The fourth-order valence-electron chi connectivity index (χ4n) is 3.29. The Morgan fingerprint density at radius 3 is 2.50 bits per heavy atom. The van der Waals surface area contributed by atoms with Crippen LogP contribution in [0, 0.1) is 0 Å². The van der Waals surface area contributed by atoms with Crippen molar-refractivity contribution in [3.8, 4) is 11.3 Å². The average Bonchev–Trinajstić information content (AvgIpc) is 3.41. The van der Waals surface area contributed by atoms with Gasteiger partial charge >= 0.3 is 5.97 Å². The molecule has 1 saturated heterocycles. The summed E-state index contributed by atoms with van der Waals surface area (Å²) in [4.78, 5) is 38.7. The van der Waals surface area contributed by atoms with E-state index in [0.717, 1.165) is 35.7 Å². The van der Waals surface area contributed by atoms with Crippen molar-refractivity contribution in [1.29, 1.82) is 0 Å². The summed E-state index contributed by atoms with van der Waals surface area (Å²) in [7, 11) is 0. The van der Waals surface area contributed by atoms with Crippen LogP contribution in [-0.2, 0) is 16.1 Å². The lowest BCUT2D eigenvalue weighted by Crippen LogP contribution is -2.27. The lowest BCUT2D eigenvalue weighted by Gasteiger charge is -2.12. The Bertz CT molecular complexity index is 1230. The zero-order valence-electron chi connectivity index (χ0n) is 18.5. The largest absolute Gasteiger partial charge is 0.462 e. The quantitative estimate of drug-likeness (QED) is 0.194. The molecule has 1 aliphatic heterocycles. The number of halogens is 1. The van der Waals surface area contributed by atoms with Crippen LogP contribution in [0.25, 0.3) is 17.4 Å². The third-order valence-electron chi connectivity index (χ3n) is 5.16. The molecule has 4 rings (SSSR count). The number of ether oxygens (including phenoxy) is 1. The van der Waals surface area contributed by atoms with E-state index in [-0.39, 0.29) is 23.7 Å². The van der Waals surface area contributed by atoms with Gasteiger partial charge in [-0.05, 0) is 60.1 Å². The summed E-state index contributed by atoms with van der Waals surface area (Å²) in [5.41, 5.74) is 2.06. The van der Waals surface area contributed by atoms with E-state index in [1.54, 1.807) is 66.7 Å². The van der Waals surface area contributed by atoms with Crippen LogP contribution < -0.4 is 0 Å². The van der Waals surface area contributed by atoms with Gasteiger partial charge in [0, 0.05) is 16.7 Å². The highest BCUT2D eigenvalue weighted by Gasteiger charge is 2.35. The van der Waals surface area contributed by atoms with Crippen LogP contribution >= 0.6 is 23.4 Å². The second-order valence-corrected chi connectivity index (χ2v) is 9.09. The average molecular weight is 496 g/mol. The maximum Gasteiger partial charge on any atom is 0.338 e. The number of esters is 1. The Morgan fingerprint density at radius 1 is 1.06 bits per heavy atom. The van der Waals surface area contributed by atoms with Gasteiger partial charge in [0.25, 0.3) is 11.1 Å². The van der Waals surface area contributed by atoms with E-state index in [2.05, 4.69) is 0 Å². The highest BCUT2D eigenvalue weighted by atomic mass is 35.5. The molecule has 0 aliphatic carbocycles. The third kappa shape index (κ3) is 5.61. The van der Waals surface area contributed by atoms with Crippen molar-refractivity contribution in [1.82, 2.24) is 4.90 Å². The Balaban J connectivity index is 1.43. The number of rotatable bonds is 8. The molecule has 0 atom stereocenters. The zero-order valence-corrected chi connectivity index (χ0v) is 20.0. The highest BCUT2D eigenvalue weighted by Crippen LogP contribution is 2.34. The Morgan fingerprint density at radius 2 is 1.79 bits per heavy atom. The second-order valence-electron chi connectivity index (χ2n) is 7.66. The van der Waals surface area contributed by atoms with Crippen molar-refractivity contribution in [2.24, 2.45) is 0 Å². The molecule has 6 nitrogen and oxygen atoms in total. The Hall–Kier alpha value is -3.29. The molecule has 0 saturated carbocycles. The van der Waals surface area contributed by atoms with Gasteiger partial charge in [0.1, 0.15) is 11.5 Å². The maximum atomic E-state index is 12.8. The van der Waals surface area contributed by atoms with E-state index in [4.69, 9.17) is 20.8 Å². The van der Waals surface area contributed by atoms with Gasteiger partial charge in [-0.2, -0.15) is 0 Å². The topological polar surface area (TPSA) is 76.8 Å². The van der Waals surface area contributed by atoms with Gasteiger partial charge in [-0.1, -0.05) is 49.2 Å². The summed E-state index contributed by atoms with van der Waals surface area (Å²) < 4.78 is 11.1. The summed E-state index contributed by atoms with van der Waals surface area (Å²) in [6.07, 6.45) is 3.36. The number of carbonyl (C=O) groups excluding carboxylic acids is 3. The van der Waals surface area contributed by atoms with Gasteiger partial charge in [-0.15, -0.1) is 0 Å². The molecule has 174 valence electrons. The van der Waals surface area contributed by atoms with Crippen molar-refractivity contribution >= 4 is 46.6 Å². The predicted octanol–water partition coefficient (Wildman–Crippen LogP) is 6.79. The Labute approximate surface area is 206 Å². The lowest BCUT2D eigenvalue weighted by molar-refractivity contribution is -0.123. The number of benzene rings is 2. The molecule has 0 N–H and O–H groups in total. The molecule has 1 fully saturated rings. The molecule has 2 heterocycles. The van der Waals surface area contributed by atoms with Crippen LogP contribution in [0.4, 0.5) is 4.79 Å². The molecule has 2 amide bonds. The van der Waals surface area contributed by atoms with Crippen LogP contribution in [0.15, 0.2) is 70.0 Å². The van der Waals surface area contributed by atoms with Crippen LogP contribution in [0.5, 0.6) is 0 Å². The number of hydrogen-bond acceptors (Lipinski definition) is 6. The number of imide groups is 1. The normalized spacial score (nSPS) is 14.8. The number of nitrogens with zero attached hydrogens (tertiary/aromatic N) is 1. The van der Waals surface area contributed by atoms with E-state index in [0.29, 0.717) is 33.6 Å². The number of carbonyl (C=O) groups is 3. The first kappa shape index (κ1) is 23.9. The molecule has 8 heteroatoms. The summed E-state index contributed by atoms with van der Waals surface area (Å²) in [6.45, 7) is 2.62. The number of hydrogen-bond donors (Lipinski definition) is 0. The van der Waals surface area contributed by atoms with Gasteiger partial charge in [0.2, 0.25) is 0 Å². The molecule has 1 aromatic heterocycles. The second kappa shape index (κ2) is 10.8. The van der Waals surface area contributed by atoms with Crippen LogP contribution in [0.3, 0.4) is 0 Å². The summed E-state index contributed by atoms with van der Waals surface area (Å²) in [5.74, 6) is 0.316. The van der Waals surface area contributed by atoms with E-state index in [1.165, 1.54) is 4.90 Å². The number of furan rings is 1. The first-order valence-electron chi connectivity index (χ1n) is 10.8. The van der Waals surface area contributed by atoms with E-state index >= 15 is 0 Å². The van der Waals surface area contributed by atoms with Gasteiger partial charge in [0.15, 0.2) is 0 Å². The molecular formula is C26H22ClNO5S. The Kier molecular flexibility index (Phi) is 7.55. The zero-order chi connectivity index (χ0) is 24.1. The van der Waals surface area contributed by atoms with Crippen molar-refractivity contribution in [2.45, 2.75) is 26.3 Å².